The molecule has 0 saturated carbocycles. The zero-order valence-electron chi connectivity index (χ0n) is 13.4. The predicted molar refractivity (Wildman–Crippen MR) is 90.4 cm³/mol. The van der Waals surface area contributed by atoms with Gasteiger partial charge in [-0.25, -0.2) is 19.3 Å². The van der Waals surface area contributed by atoms with E-state index in [1.807, 2.05) is 18.3 Å². The molecule has 2 aromatic heterocycles. The minimum atomic E-state index is -0.176. The highest BCUT2D eigenvalue weighted by Crippen LogP contribution is 2.05. The van der Waals surface area contributed by atoms with Gasteiger partial charge in [0.2, 0.25) is 5.95 Å². The number of imidazole rings is 1. The number of halogens is 1. The fourth-order valence-corrected chi connectivity index (χ4v) is 2.47. The molecule has 5 nitrogen and oxygen atoms in total. The van der Waals surface area contributed by atoms with Crippen LogP contribution < -0.4 is 5.32 Å². The van der Waals surface area contributed by atoms with Crippen molar-refractivity contribution in [2.75, 3.05) is 13.1 Å². The summed E-state index contributed by atoms with van der Waals surface area (Å²) in [6.07, 6.45) is 9.70. The summed E-state index contributed by atoms with van der Waals surface area (Å²) in [5.74, 6) is 0.467. The second-order valence-corrected chi connectivity index (χ2v) is 5.55. The zero-order valence-corrected chi connectivity index (χ0v) is 13.4. The average Bonchev–Trinajstić information content (AvgIpc) is 3.13. The van der Waals surface area contributed by atoms with Crippen molar-refractivity contribution < 1.29 is 4.39 Å². The molecule has 0 bridgehead atoms. The predicted octanol–water partition coefficient (Wildman–Crippen LogP) is 2.57. The molecule has 0 atom stereocenters. The lowest BCUT2D eigenvalue weighted by Crippen LogP contribution is -2.19. The quantitative estimate of drug-likeness (QED) is 0.647. The van der Waals surface area contributed by atoms with Gasteiger partial charge >= 0.3 is 0 Å². The van der Waals surface area contributed by atoms with Gasteiger partial charge < -0.3 is 5.32 Å². The largest absolute Gasteiger partial charge is 0.316 e. The summed E-state index contributed by atoms with van der Waals surface area (Å²) in [6.45, 7) is 1.74. The lowest BCUT2D eigenvalue weighted by Gasteiger charge is -2.06. The molecule has 0 aliphatic heterocycles. The standard InChI is InChI=1S/C18H20FN5/c19-16-4-1-3-15(13-16)6-9-20-8-2-5-17-7-10-22-18(23-17)24-12-11-21-14-24/h1,3-4,7,10-14,20H,2,5-6,8-9H2. The molecule has 0 saturated heterocycles. The average molecular weight is 325 g/mol. The van der Waals surface area contributed by atoms with E-state index in [9.17, 15) is 4.39 Å². The molecule has 3 aromatic rings. The van der Waals surface area contributed by atoms with Crippen molar-refractivity contribution in [1.82, 2.24) is 24.8 Å². The van der Waals surface area contributed by atoms with Gasteiger partial charge in [0.1, 0.15) is 12.1 Å². The highest BCUT2D eigenvalue weighted by Gasteiger charge is 2.01. The van der Waals surface area contributed by atoms with Crippen LogP contribution in [0.3, 0.4) is 0 Å². The molecule has 0 spiro atoms. The summed E-state index contributed by atoms with van der Waals surface area (Å²) in [7, 11) is 0. The minimum Gasteiger partial charge on any atom is -0.316 e. The minimum absolute atomic E-state index is 0.176. The summed E-state index contributed by atoms with van der Waals surface area (Å²) in [5, 5.41) is 3.38. The second-order valence-electron chi connectivity index (χ2n) is 5.55. The molecule has 3 rings (SSSR count). The Morgan fingerprint density at radius 1 is 1.08 bits per heavy atom. The molecule has 2 heterocycles. The van der Waals surface area contributed by atoms with E-state index in [1.54, 1.807) is 35.4 Å². The molecule has 0 fully saturated rings. The monoisotopic (exact) mass is 325 g/mol. The second kappa shape index (κ2) is 8.31. The number of rotatable bonds is 8. The number of hydrogen-bond donors (Lipinski definition) is 1. The number of nitrogens with one attached hydrogen (secondary N) is 1. The van der Waals surface area contributed by atoms with Crippen molar-refractivity contribution in [2.45, 2.75) is 19.3 Å². The summed E-state index contributed by atoms with van der Waals surface area (Å²) in [6, 6.07) is 8.69. The number of aromatic nitrogens is 4. The van der Waals surface area contributed by atoms with Crippen LogP contribution in [-0.4, -0.2) is 32.6 Å². The van der Waals surface area contributed by atoms with E-state index in [0.29, 0.717) is 5.95 Å². The Morgan fingerprint density at radius 3 is 2.88 bits per heavy atom. The molecule has 24 heavy (non-hydrogen) atoms. The van der Waals surface area contributed by atoms with Gasteiger partial charge in [-0.05, 0) is 56.1 Å². The molecule has 1 N–H and O–H groups in total. The molecule has 0 unspecified atom stereocenters. The Balaban J connectivity index is 1.38. The van der Waals surface area contributed by atoms with Crippen LogP contribution in [0.2, 0.25) is 0 Å². The number of hydrogen-bond acceptors (Lipinski definition) is 4. The SMILES string of the molecule is Fc1cccc(CCNCCCc2ccnc(-n3ccnc3)n2)c1. The highest BCUT2D eigenvalue weighted by atomic mass is 19.1. The van der Waals surface area contributed by atoms with Crippen LogP contribution in [0.15, 0.2) is 55.2 Å². The van der Waals surface area contributed by atoms with Gasteiger partial charge in [-0.2, -0.15) is 0 Å². The fourth-order valence-electron chi connectivity index (χ4n) is 2.47. The third-order valence-electron chi connectivity index (χ3n) is 3.70. The number of nitrogens with zero attached hydrogens (tertiary/aromatic N) is 4. The molecule has 0 radical (unpaired) electrons. The van der Waals surface area contributed by atoms with Crippen molar-refractivity contribution in [1.29, 1.82) is 0 Å². The van der Waals surface area contributed by atoms with Gasteiger partial charge in [0, 0.05) is 24.3 Å². The van der Waals surface area contributed by atoms with Crippen molar-refractivity contribution in [3.63, 3.8) is 0 Å². The Kier molecular flexibility index (Phi) is 5.63. The first-order valence-electron chi connectivity index (χ1n) is 8.07. The Morgan fingerprint density at radius 2 is 2.04 bits per heavy atom. The summed E-state index contributed by atoms with van der Waals surface area (Å²) >= 11 is 0. The molecule has 6 heteroatoms. The highest BCUT2D eigenvalue weighted by molar-refractivity contribution is 5.16. The Labute approximate surface area is 140 Å². The van der Waals surface area contributed by atoms with Crippen molar-refractivity contribution in [3.05, 3.63) is 72.3 Å². The van der Waals surface area contributed by atoms with E-state index in [4.69, 9.17) is 0 Å². The van der Waals surface area contributed by atoms with Crippen LogP contribution in [0, 0.1) is 5.82 Å². The molecular weight excluding hydrogens is 305 g/mol. The first kappa shape index (κ1) is 16.3. The van der Waals surface area contributed by atoms with Crippen molar-refractivity contribution >= 4 is 0 Å². The van der Waals surface area contributed by atoms with E-state index >= 15 is 0 Å². The zero-order chi connectivity index (χ0) is 16.6. The Bertz CT molecular complexity index is 758. The normalized spacial score (nSPS) is 10.9. The Hall–Kier alpha value is -2.60. The fraction of sp³-hybridized carbons (Fsp3) is 0.278. The van der Waals surface area contributed by atoms with Crippen LogP contribution in [0.4, 0.5) is 4.39 Å². The molecule has 124 valence electrons. The van der Waals surface area contributed by atoms with Gasteiger partial charge in [0.15, 0.2) is 0 Å². The van der Waals surface area contributed by atoms with Crippen molar-refractivity contribution in [3.8, 4) is 5.95 Å². The maximum atomic E-state index is 13.1. The lowest BCUT2D eigenvalue weighted by molar-refractivity contribution is 0.619. The summed E-state index contributed by atoms with van der Waals surface area (Å²) < 4.78 is 14.9. The topological polar surface area (TPSA) is 55.6 Å². The van der Waals surface area contributed by atoms with Gasteiger partial charge in [-0.1, -0.05) is 12.1 Å². The van der Waals surface area contributed by atoms with Crippen LogP contribution in [0.25, 0.3) is 5.95 Å². The summed E-state index contributed by atoms with van der Waals surface area (Å²) in [5.41, 5.74) is 2.03. The smallest absolute Gasteiger partial charge is 0.235 e. The molecule has 0 aliphatic carbocycles. The van der Waals surface area contributed by atoms with E-state index < -0.39 is 0 Å². The van der Waals surface area contributed by atoms with Gasteiger partial charge in [0.25, 0.3) is 0 Å². The summed E-state index contributed by atoms with van der Waals surface area (Å²) in [4.78, 5) is 12.8. The van der Waals surface area contributed by atoms with Crippen LogP contribution in [-0.2, 0) is 12.8 Å². The van der Waals surface area contributed by atoms with E-state index in [-0.39, 0.29) is 5.82 Å². The van der Waals surface area contributed by atoms with Gasteiger partial charge in [-0.15, -0.1) is 0 Å². The molecular formula is C18H20FN5. The number of benzene rings is 1. The molecule has 0 amide bonds. The van der Waals surface area contributed by atoms with E-state index in [2.05, 4.69) is 20.3 Å². The maximum absolute atomic E-state index is 13.1. The van der Waals surface area contributed by atoms with E-state index in [0.717, 1.165) is 43.6 Å². The first-order valence-corrected chi connectivity index (χ1v) is 8.07. The van der Waals surface area contributed by atoms with Crippen molar-refractivity contribution in [2.24, 2.45) is 0 Å². The van der Waals surface area contributed by atoms with Gasteiger partial charge in [-0.3, -0.25) is 4.57 Å². The molecule has 0 aliphatic rings. The van der Waals surface area contributed by atoms with Crippen LogP contribution >= 0.6 is 0 Å². The molecule has 1 aromatic carbocycles. The number of aryl methyl sites for hydroxylation is 1. The van der Waals surface area contributed by atoms with Gasteiger partial charge in [0.05, 0.1) is 0 Å². The third kappa shape index (κ3) is 4.70. The lowest BCUT2D eigenvalue weighted by atomic mass is 10.1. The van der Waals surface area contributed by atoms with Crippen LogP contribution in [0.1, 0.15) is 17.7 Å². The third-order valence-corrected chi connectivity index (χ3v) is 3.70. The van der Waals surface area contributed by atoms with E-state index in [1.165, 1.54) is 6.07 Å². The first-order chi connectivity index (χ1) is 11.8. The maximum Gasteiger partial charge on any atom is 0.235 e. The van der Waals surface area contributed by atoms with Crippen LogP contribution in [0.5, 0.6) is 0 Å².